The number of fused-ring (bicyclic) bond motifs is 1. The molecule has 0 aliphatic rings. The van der Waals surface area contributed by atoms with E-state index < -0.39 is 6.04 Å². The molecule has 3 aromatic carbocycles. The topological polar surface area (TPSA) is 35.8 Å². The van der Waals surface area contributed by atoms with E-state index in [1.165, 1.54) is 12.1 Å². The smallest absolute Gasteiger partial charge is 0.123 e. The molecule has 0 aliphatic carbocycles. The van der Waals surface area contributed by atoms with Gasteiger partial charge in [-0.05, 0) is 34.0 Å². The normalized spacial score (nSPS) is 12.0. The van der Waals surface area contributed by atoms with Crippen LogP contribution in [0.2, 0.25) is 0 Å². The largest absolute Gasteiger partial charge is 0.294 e. The van der Waals surface area contributed by atoms with E-state index in [1.54, 1.807) is 12.1 Å². The lowest BCUT2D eigenvalue weighted by Crippen LogP contribution is -2.19. The first-order valence-corrected chi connectivity index (χ1v) is 7.13. The van der Waals surface area contributed by atoms with Gasteiger partial charge in [0.15, 0.2) is 0 Å². The van der Waals surface area contributed by atoms with Gasteiger partial charge >= 0.3 is 0 Å². The van der Waals surface area contributed by atoms with Gasteiger partial charge in [0.25, 0.3) is 0 Å². The summed E-state index contributed by atoms with van der Waals surface area (Å²) in [6.07, 6.45) is 0. The minimum Gasteiger partial charge on any atom is -0.294 e. The third-order valence-corrected chi connectivity index (χ3v) is 3.69. The van der Waals surface area contributed by atoms with Crippen LogP contribution in [0.25, 0.3) is 10.8 Å². The molecular formula is C19H15FN2. The summed E-state index contributed by atoms with van der Waals surface area (Å²) in [7, 11) is 0. The summed E-state index contributed by atoms with van der Waals surface area (Å²) >= 11 is 0. The molecule has 3 heteroatoms. The van der Waals surface area contributed by atoms with Crippen LogP contribution in [0.4, 0.5) is 4.39 Å². The predicted molar refractivity (Wildman–Crippen MR) is 85.5 cm³/mol. The Morgan fingerprint density at radius 1 is 0.955 bits per heavy atom. The van der Waals surface area contributed by atoms with E-state index in [0.717, 1.165) is 21.9 Å². The molecular weight excluding hydrogens is 275 g/mol. The van der Waals surface area contributed by atoms with Gasteiger partial charge in [-0.3, -0.25) is 5.32 Å². The zero-order valence-electron chi connectivity index (χ0n) is 12.0. The second kappa shape index (κ2) is 6.38. The molecule has 0 saturated carbocycles. The average molecular weight is 290 g/mol. The van der Waals surface area contributed by atoms with Gasteiger partial charge in [0.05, 0.1) is 6.07 Å². The van der Waals surface area contributed by atoms with Crippen LogP contribution in [0.3, 0.4) is 0 Å². The summed E-state index contributed by atoms with van der Waals surface area (Å²) in [5.41, 5.74) is 1.91. The zero-order valence-corrected chi connectivity index (χ0v) is 12.0. The van der Waals surface area contributed by atoms with Crippen molar-refractivity contribution in [3.63, 3.8) is 0 Å². The highest BCUT2D eigenvalue weighted by Crippen LogP contribution is 2.24. The molecule has 2 nitrogen and oxygen atoms in total. The van der Waals surface area contributed by atoms with E-state index in [0.29, 0.717) is 6.54 Å². The highest BCUT2D eigenvalue weighted by Gasteiger charge is 2.12. The molecule has 3 aromatic rings. The number of benzene rings is 3. The van der Waals surface area contributed by atoms with Gasteiger partial charge in [0.2, 0.25) is 0 Å². The summed E-state index contributed by atoms with van der Waals surface area (Å²) in [6, 6.07) is 22.2. The van der Waals surface area contributed by atoms with Crippen molar-refractivity contribution in [1.82, 2.24) is 5.32 Å². The first-order chi connectivity index (χ1) is 10.8. The van der Waals surface area contributed by atoms with Crippen molar-refractivity contribution in [3.05, 3.63) is 83.7 Å². The Morgan fingerprint density at radius 2 is 1.68 bits per heavy atom. The third kappa shape index (κ3) is 2.98. The van der Waals surface area contributed by atoms with E-state index in [2.05, 4.69) is 11.4 Å². The van der Waals surface area contributed by atoms with Gasteiger partial charge in [0.1, 0.15) is 11.9 Å². The first-order valence-electron chi connectivity index (χ1n) is 7.13. The highest BCUT2D eigenvalue weighted by atomic mass is 19.1. The quantitative estimate of drug-likeness (QED) is 0.776. The lowest BCUT2D eigenvalue weighted by atomic mass is 9.99. The number of hydrogen-bond acceptors (Lipinski definition) is 2. The minimum atomic E-state index is -0.406. The first kappa shape index (κ1) is 14.2. The number of nitrogens with zero attached hydrogens (tertiary/aromatic N) is 1. The number of hydrogen-bond donors (Lipinski definition) is 1. The molecule has 108 valence electrons. The van der Waals surface area contributed by atoms with E-state index >= 15 is 0 Å². The van der Waals surface area contributed by atoms with Crippen LogP contribution in [0.1, 0.15) is 17.2 Å². The summed E-state index contributed by atoms with van der Waals surface area (Å²) in [6.45, 7) is 0.516. The van der Waals surface area contributed by atoms with E-state index in [9.17, 15) is 9.65 Å². The Labute approximate surface area is 128 Å². The summed E-state index contributed by atoms with van der Waals surface area (Å²) < 4.78 is 12.9. The molecule has 22 heavy (non-hydrogen) atoms. The molecule has 0 aromatic heterocycles. The van der Waals surface area contributed by atoms with Gasteiger partial charge in [0, 0.05) is 6.54 Å². The molecule has 0 spiro atoms. The van der Waals surface area contributed by atoms with Crippen LogP contribution in [0, 0.1) is 17.1 Å². The fourth-order valence-electron chi connectivity index (χ4n) is 2.55. The van der Waals surface area contributed by atoms with E-state index in [4.69, 9.17) is 0 Å². The fraction of sp³-hybridized carbons (Fsp3) is 0.105. The van der Waals surface area contributed by atoms with E-state index in [1.807, 2.05) is 42.5 Å². The maximum Gasteiger partial charge on any atom is 0.123 e. The van der Waals surface area contributed by atoms with Crippen molar-refractivity contribution in [1.29, 1.82) is 5.26 Å². The number of nitriles is 1. The maximum atomic E-state index is 12.9. The molecule has 0 amide bonds. The van der Waals surface area contributed by atoms with E-state index in [-0.39, 0.29) is 5.82 Å². The molecule has 0 radical (unpaired) electrons. The standard InChI is InChI=1S/C19H15FN2/c20-16-10-8-14(9-11-16)13-22-19(12-21)18-7-3-5-15-4-1-2-6-17(15)18/h1-11,19,22H,13H2. The SMILES string of the molecule is N#CC(NCc1ccc(F)cc1)c1cccc2ccccc12. The summed E-state index contributed by atoms with van der Waals surface area (Å²) in [5.74, 6) is -0.255. The van der Waals surface area contributed by atoms with Crippen LogP contribution in [0.15, 0.2) is 66.7 Å². The second-order valence-electron chi connectivity index (χ2n) is 5.14. The molecule has 3 rings (SSSR count). The Morgan fingerprint density at radius 3 is 2.45 bits per heavy atom. The second-order valence-corrected chi connectivity index (χ2v) is 5.14. The van der Waals surface area contributed by atoms with Crippen LogP contribution in [-0.2, 0) is 6.54 Å². The maximum absolute atomic E-state index is 12.9. The predicted octanol–water partition coefficient (Wildman–Crippen LogP) is 4.33. The molecule has 0 heterocycles. The Balaban J connectivity index is 1.84. The summed E-state index contributed by atoms with van der Waals surface area (Å²) in [5, 5.41) is 14.9. The van der Waals surface area contributed by atoms with Gasteiger partial charge in [-0.1, -0.05) is 54.6 Å². The third-order valence-electron chi connectivity index (χ3n) is 3.69. The van der Waals surface area contributed by atoms with Crippen molar-refractivity contribution >= 4 is 10.8 Å². The number of rotatable bonds is 4. The molecule has 0 bridgehead atoms. The number of nitrogens with one attached hydrogen (secondary N) is 1. The van der Waals surface area contributed by atoms with Crippen molar-refractivity contribution < 1.29 is 4.39 Å². The molecule has 0 fully saturated rings. The molecule has 0 saturated heterocycles. The van der Waals surface area contributed by atoms with Crippen molar-refractivity contribution in [2.24, 2.45) is 0 Å². The Kier molecular flexibility index (Phi) is 4.13. The molecule has 1 unspecified atom stereocenters. The average Bonchev–Trinajstić information content (AvgIpc) is 2.57. The van der Waals surface area contributed by atoms with Crippen molar-refractivity contribution in [2.75, 3.05) is 0 Å². The van der Waals surface area contributed by atoms with Gasteiger partial charge in [-0.2, -0.15) is 5.26 Å². The van der Waals surface area contributed by atoms with Crippen molar-refractivity contribution in [3.8, 4) is 6.07 Å². The lowest BCUT2D eigenvalue weighted by molar-refractivity contribution is 0.618. The molecule has 0 aliphatic heterocycles. The van der Waals surface area contributed by atoms with Crippen LogP contribution in [-0.4, -0.2) is 0 Å². The Bertz CT molecular complexity index is 813. The number of halogens is 1. The van der Waals surface area contributed by atoms with Crippen molar-refractivity contribution in [2.45, 2.75) is 12.6 Å². The lowest BCUT2D eigenvalue weighted by Gasteiger charge is -2.14. The highest BCUT2D eigenvalue weighted by molar-refractivity contribution is 5.86. The van der Waals surface area contributed by atoms with Gasteiger partial charge in [-0.15, -0.1) is 0 Å². The Hall–Kier alpha value is -2.70. The monoisotopic (exact) mass is 290 g/mol. The van der Waals surface area contributed by atoms with Gasteiger partial charge < -0.3 is 0 Å². The molecule has 1 atom stereocenters. The van der Waals surface area contributed by atoms with Gasteiger partial charge in [-0.25, -0.2) is 4.39 Å². The van der Waals surface area contributed by atoms with Crippen LogP contribution >= 0.6 is 0 Å². The zero-order chi connectivity index (χ0) is 15.4. The van der Waals surface area contributed by atoms with Crippen LogP contribution < -0.4 is 5.32 Å². The minimum absolute atomic E-state index is 0.255. The molecule has 1 N–H and O–H groups in total. The summed E-state index contributed by atoms with van der Waals surface area (Å²) in [4.78, 5) is 0. The van der Waals surface area contributed by atoms with Crippen LogP contribution in [0.5, 0.6) is 0 Å². The fourth-order valence-corrected chi connectivity index (χ4v) is 2.55.